The molecule has 1 aromatic carbocycles. The number of pyridine rings is 1. The quantitative estimate of drug-likeness (QED) is 0.940. The van der Waals surface area contributed by atoms with Gasteiger partial charge in [0.05, 0.1) is 12.1 Å². The Bertz CT molecular complexity index is 629. The zero-order chi connectivity index (χ0) is 14.8. The van der Waals surface area contributed by atoms with Crippen LogP contribution in [0.3, 0.4) is 0 Å². The Balaban J connectivity index is 1.83. The topological polar surface area (TPSA) is 45.6 Å². The number of aromatic nitrogens is 1. The highest BCUT2D eigenvalue weighted by Gasteiger charge is 2.27. The second-order valence-corrected chi connectivity index (χ2v) is 5.65. The first-order chi connectivity index (χ1) is 10.2. The molecule has 21 heavy (non-hydrogen) atoms. The van der Waals surface area contributed by atoms with E-state index in [9.17, 15) is 5.11 Å². The molecular weight excluding hydrogens is 264 g/mol. The number of aliphatic hydroxyl groups excluding tert-OH is 1. The van der Waals surface area contributed by atoms with E-state index in [1.165, 1.54) is 0 Å². The molecule has 0 amide bonds. The van der Waals surface area contributed by atoms with Gasteiger partial charge in [0.1, 0.15) is 12.2 Å². The second-order valence-electron chi connectivity index (χ2n) is 5.65. The molecule has 1 saturated heterocycles. The Kier molecular flexibility index (Phi) is 4.19. The van der Waals surface area contributed by atoms with E-state index < -0.39 is 6.10 Å². The number of ether oxygens (including phenoxy) is 1. The molecule has 112 valence electrons. The van der Waals surface area contributed by atoms with Crippen LogP contribution in [0, 0.1) is 6.92 Å². The maximum Gasteiger partial charge on any atom is 0.106 e. The molecule has 2 unspecified atom stereocenters. The lowest BCUT2D eigenvalue weighted by Crippen LogP contribution is -2.44. The first-order valence-corrected chi connectivity index (χ1v) is 7.56. The summed E-state index contributed by atoms with van der Waals surface area (Å²) in [5.74, 6) is 0. The largest absolute Gasteiger partial charge is 0.386 e. The summed E-state index contributed by atoms with van der Waals surface area (Å²) in [6.07, 6.45) is -0.750. The number of rotatable bonds is 3. The van der Waals surface area contributed by atoms with E-state index in [1.807, 2.05) is 37.3 Å². The molecule has 2 aromatic rings. The van der Waals surface area contributed by atoms with Crippen LogP contribution in [0.5, 0.6) is 0 Å². The third-order valence-electron chi connectivity index (χ3n) is 4.17. The van der Waals surface area contributed by atoms with Crippen molar-refractivity contribution in [3.63, 3.8) is 0 Å². The van der Waals surface area contributed by atoms with Crippen LogP contribution >= 0.6 is 0 Å². The molecule has 1 aliphatic rings. The second kappa shape index (κ2) is 6.10. The lowest BCUT2D eigenvalue weighted by atomic mass is 10.0. The van der Waals surface area contributed by atoms with Crippen molar-refractivity contribution in [1.29, 1.82) is 0 Å². The van der Waals surface area contributed by atoms with Crippen molar-refractivity contribution in [2.45, 2.75) is 26.1 Å². The zero-order valence-corrected chi connectivity index (χ0v) is 12.6. The van der Waals surface area contributed by atoms with Crippen molar-refractivity contribution in [1.82, 2.24) is 9.88 Å². The minimum Gasteiger partial charge on any atom is -0.386 e. The van der Waals surface area contributed by atoms with Gasteiger partial charge in [-0.1, -0.05) is 19.1 Å². The third kappa shape index (κ3) is 3.07. The van der Waals surface area contributed by atoms with Crippen molar-refractivity contribution < 1.29 is 9.84 Å². The van der Waals surface area contributed by atoms with Gasteiger partial charge >= 0.3 is 0 Å². The van der Waals surface area contributed by atoms with Gasteiger partial charge in [-0.3, -0.25) is 9.88 Å². The summed E-state index contributed by atoms with van der Waals surface area (Å²) in [5, 5.41) is 11.7. The summed E-state index contributed by atoms with van der Waals surface area (Å²) in [7, 11) is 0. The van der Waals surface area contributed by atoms with E-state index in [2.05, 4.69) is 16.8 Å². The molecule has 2 heterocycles. The fraction of sp³-hybridized carbons (Fsp3) is 0.471. The number of hydrogen-bond donors (Lipinski definition) is 1. The van der Waals surface area contributed by atoms with Crippen LogP contribution in [0.15, 0.2) is 30.3 Å². The SMILES string of the molecule is CCN1CCOC(C(O)c2ccc3nc(C)ccc3c2)C1. The number of aliphatic hydroxyl groups is 1. The van der Waals surface area contributed by atoms with Crippen molar-refractivity contribution in [2.24, 2.45) is 0 Å². The van der Waals surface area contributed by atoms with Crippen molar-refractivity contribution in [2.75, 3.05) is 26.2 Å². The highest BCUT2D eigenvalue weighted by Crippen LogP contribution is 2.25. The summed E-state index contributed by atoms with van der Waals surface area (Å²) in [5.41, 5.74) is 2.87. The Hall–Kier alpha value is -1.49. The number of morpholine rings is 1. The van der Waals surface area contributed by atoms with E-state index in [0.29, 0.717) is 6.61 Å². The van der Waals surface area contributed by atoms with Crippen LogP contribution in [0.1, 0.15) is 24.3 Å². The van der Waals surface area contributed by atoms with Gasteiger partial charge in [0.25, 0.3) is 0 Å². The maximum atomic E-state index is 10.6. The van der Waals surface area contributed by atoms with E-state index in [-0.39, 0.29) is 6.10 Å². The lowest BCUT2D eigenvalue weighted by molar-refractivity contribution is -0.0888. The van der Waals surface area contributed by atoms with Gasteiger partial charge in [0, 0.05) is 24.2 Å². The predicted molar refractivity (Wildman–Crippen MR) is 83.3 cm³/mol. The molecule has 2 atom stereocenters. The molecule has 1 aliphatic heterocycles. The summed E-state index contributed by atoms with van der Waals surface area (Å²) >= 11 is 0. The van der Waals surface area contributed by atoms with Crippen LogP contribution in [-0.2, 0) is 4.74 Å². The van der Waals surface area contributed by atoms with Crippen molar-refractivity contribution in [3.8, 4) is 0 Å². The number of aryl methyl sites for hydroxylation is 1. The molecule has 0 aliphatic carbocycles. The molecule has 3 rings (SSSR count). The first kappa shape index (κ1) is 14.4. The zero-order valence-electron chi connectivity index (χ0n) is 12.6. The van der Waals surface area contributed by atoms with E-state index in [0.717, 1.165) is 41.8 Å². The van der Waals surface area contributed by atoms with Crippen molar-refractivity contribution >= 4 is 10.9 Å². The van der Waals surface area contributed by atoms with Crippen LogP contribution in [0.25, 0.3) is 10.9 Å². The summed E-state index contributed by atoms with van der Waals surface area (Å²) in [4.78, 5) is 6.80. The number of fused-ring (bicyclic) bond motifs is 1. The highest BCUT2D eigenvalue weighted by molar-refractivity contribution is 5.79. The van der Waals surface area contributed by atoms with Gasteiger partial charge in [0.15, 0.2) is 0 Å². The number of benzene rings is 1. The molecule has 4 nitrogen and oxygen atoms in total. The fourth-order valence-electron chi connectivity index (χ4n) is 2.85. The standard InChI is InChI=1S/C17H22N2O2/c1-3-19-8-9-21-16(11-19)17(20)14-6-7-15-13(10-14)5-4-12(2)18-15/h4-7,10,16-17,20H,3,8-9,11H2,1-2H3. The average Bonchev–Trinajstić information content (AvgIpc) is 2.53. The Morgan fingerprint density at radius 2 is 2.24 bits per heavy atom. The summed E-state index contributed by atoms with van der Waals surface area (Å²) < 4.78 is 5.75. The molecule has 1 fully saturated rings. The van der Waals surface area contributed by atoms with Gasteiger partial charge in [-0.2, -0.15) is 0 Å². The minimum absolute atomic E-state index is 0.158. The predicted octanol–water partition coefficient (Wildman–Crippen LogP) is 2.30. The van der Waals surface area contributed by atoms with Gasteiger partial charge in [-0.15, -0.1) is 0 Å². The number of hydrogen-bond acceptors (Lipinski definition) is 4. The van der Waals surface area contributed by atoms with E-state index in [1.54, 1.807) is 0 Å². The Labute approximate surface area is 125 Å². The Morgan fingerprint density at radius 1 is 1.38 bits per heavy atom. The van der Waals surface area contributed by atoms with E-state index >= 15 is 0 Å². The van der Waals surface area contributed by atoms with Gasteiger partial charge in [0.2, 0.25) is 0 Å². The normalized spacial score (nSPS) is 21.6. The number of likely N-dealkylation sites (N-methyl/N-ethyl adjacent to an activating group) is 1. The molecule has 0 bridgehead atoms. The fourth-order valence-corrected chi connectivity index (χ4v) is 2.85. The van der Waals surface area contributed by atoms with Gasteiger partial charge in [-0.05, 0) is 37.2 Å². The summed E-state index contributed by atoms with van der Waals surface area (Å²) in [6, 6.07) is 9.98. The molecule has 4 heteroatoms. The molecule has 1 N–H and O–H groups in total. The average molecular weight is 286 g/mol. The minimum atomic E-state index is -0.593. The van der Waals surface area contributed by atoms with Crippen LogP contribution in [-0.4, -0.2) is 47.3 Å². The smallest absolute Gasteiger partial charge is 0.106 e. The molecule has 0 spiro atoms. The number of nitrogens with zero attached hydrogens (tertiary/aromatic N) is 2. The van der Waals surface area contributed by atoms with Crippen molar-refractivity contribution in [3.05, 3.63) is 41.6 Å². The van der Waals surface area contributed by atoms with Gasteiger partial charge in [-0.25, -0.2) is 0 Å². The molecule has 1 aromatic heterocycles. The molecule has 0 saturated carbocycles. The monoisotopic (exact) mass is 286 g/mol. The third-order valence-corrected chi connectivity index (χ3v) is 4.17. The van der Waals surface area contributed by atoms with Crippen LogP contribution < -0.4 is 0 Å². The Morgan fingerprint density at radius 3 is 3.05 bits per heavy atom. The van der Waals surface area contributed by atoms with Crippen LogP contribution in [0.2, 0.25) is 0 Å². The highest BCUT2D eigenvalue weighted by atomic mass is 16.5. The molecular formula is C17H22N2O2. The first-order valence-electron chi connectivity index (χ1n) is 7.56. The molecule has 0 radical (unpaired) electrons. The lowest BCUT2D eigenvalue weighted by Gasteiger charge is -2.34. The summed E-state index contributed by atoms with van der Waals surface area (Å²) in [6.45, 7) is 7.52. The van der Waals surface area contributed by atoms with Crippen LogP contribution in [0.4, 0.5) is 0 Å². The maximum absolute atomic E-state index is 10.6. The van der Waals surface area contributed by atoms with E-state index in [4.69, 9.17) is 4.74 Å². The van der Waals surface area contributed by atoms with Gasteiger partial charge < -0.3 is 9.84 Å².